The van der Waals surface area contributed by atoms with Gasteiger partial charge in [-0.2, -0.15) is 0 Å². The van der Waals surface area contributed by atoms with Crippen molar-refractivity contribution in [3.05, 3.63) is 23.3 Å². The molecule has 0 amide bonds. The zero-order valence-electron chi connectivity index (χ0n) is 18.0. The third-order valence-corrected chi connectivity index (χ3v) is 9.42. The van der Waals surface area contributed by atoms with E-state index in [4.69, 9.17) is 4.74 Å². The van der Waals surface area contributed by atoms with Crippen LogP contribution in [0.15, 0.2) is 23.3 Å². The van der Waals surface area contributed by atoms with Gasteiger partial charge in [-0.3, -0.25) is 0 Å². The minimum Gasteiger partial charge on any atom is -0.393 e. The van der Waals surface area contributed by atoms with Gasteiger partial charge in [-0.25, -0.2) is 0 Å². The molecule has 1 N–H and O–H groups in total. The number of hydrogen-bond donors (Lipinski definition) is 1. The zero-order valence-corrected chi connectivity index (χ0v) is 18.0. The summed E-state index contributed by atoms with van der Waals surface area (Å²) in [5.41, 5.74) is 4.07. The second-order valence-electron chi connectivity index (χ2n) is 10.6. The van der Waals surface area contributed by atoms with Crippen molar-refractivity contribution in [3.8, 4) is 0 Å². The topological polar surface area (TPSA) is 29.5 Å². The molecule has 0 aromatic carbocycles. The highest BCUT2D eigenvalue weighted by molar-refractivity contribution is 5.26. The van der Waals surface area contributed by atoms with E-state index in [2.05, 4.69) is 32.9 Å². The van der Waals surface area contributed by atoms with E-state index in [-0.39, 0.29) is 6.10 Å². The Labute approximate surface area is 166 Å². The predicted molar refractivity (Wildman–Crippen MR) is 111 cm³/mol. The van der Waals surface area contributed by atoms with E-state index in [1.54, 1.807) is 18.3 Å². The van der Waals surface area contributed by atoms with Crippen molar-refractivity contribution >= 4 is 0 Å². The molecule has 0 aliphatic heterocycles. The van der Waals surface area contributed by atoms with Gasteiger partial charge in [0, 0.05) is 13.7 Å². The Morgan fingerprint density at radius 2 is 2.00 bits per heavy atom. The van der Waals surface area contributed by atoms with Crippen LogP contribution in [0.4, 0.5) is 0 Å². The van der Waals surface area contributed by atoms with Gasteiger partial charge in [0.2, 0.25) is 0 Å². The van der Waals surface area contributed by atoms with Crippen LogP contribution < -0.4 is 0 Å². The van der Waals surface area contributed by atoms with Crippen LogP contribution in [0.3, 0.4) is 0 Å². The maximum Gasteiger partial charge on any atom is 0.0577 e. The van der Waals surface area contributed by atoms with Crippen molar-refractivity contribution in [2.75, 3.05) is 13.7 Å². The molecule has 0 aromatic rings. The molecule has 0 bridgehead atoms. The van der Waals surface area contributed by atoms with E-state index in [1.165, 1.54) is 38.5 Å². The highest BCUT2D eigenvalue weighted by Crippen LogP contribution is 2.67. The lowest BCUT2D eigenvalue weighted by Gasteiger charge is -2.58. The van der Waals surface area contributed by atoms with Crippen molar-refractivity contribution in [2.24, 2.45) is 34.5 Å². The average molecular weight is 373 g/mol. The van der Waals surface area contributed by atoms with Crippen LogP contribution in [0.5, 0.6) is 0 Å². The van der Waals surface area contributed by atoms with Crippen LogP contribution in [-0.4, -0.2) is 24.9 Å². The van der Waals surface area contributed by atoms with Crippen LogP contribution in [0.25, 0.3) is 0 Å². The van der Waals surface area contributed by atoms with E-state index >= 15 is 0 Å². The number of ether oxygens (including phenoxy) is 1. The molecule has 0 radical (unpaired) electrons. The normalized spacial score (nSPS) is 47.1. The van der Waals surface area contributed by atoms with Gasteiger partial charge in [-0.1, -0.05) is 37.1 Å². The number of aliphatic hydroxyl groups excluding tert-OH is 1. The Hall–Kier alpha value is -0.600. The van der Waals surface area contributed by atoms with Gasteiger partial charge < -0.3 is 9.84 Å². The molecule has 0 spiro atoms. The Kier molecular flexibility index (Phi) is 5.35. The number of methoxy groups -OCH3 is 1. The summed E-state index contributed by atoms with van der Waals surface area (Å²) < 4.78 is 5.26. The molecule has 3 fully saturated rings. The third kappa shape index (κ3) is 3.15. The van der Waals surface area contributed by atoms with E-state index in [0.29, 0.717) is 10.8 Å². The van der Waals surface area contributed by atoms with Crippen LogP contribution in [-0.2, 0) is 4.74 Å². The third-order valence-electron chi connectivity index (χ3n) is 9.42. The van der Waals surface area contributed by atoms with Crippen LogP contribution in [0, 0.1) is 34.5 Å². The van der Waals surface area contributed by atoms with Crippen molar-refractivity contribution in [3.63, 3.8) is 0 Å². The molecule has 27 heavy (non-hydrogen) atoms. The summed E-state index contributed by atoms with van der Waals surface area (Å²) in [6, 6.07) is 0. The fraction of sp³-hybridized carbons (Fsp3) is 0.840. The van der Waals surface area contributed by atoms with Gasteiger partial charge in [-0.15, -0.1) is 0 Å². The molecule has 7 atom stereocenters. The van der Waals surface area contributed by atoms with E-state index in [1.807, 2.05) is 0 Å². The summed E-state index contributed by atoms with van der Waals surface area (Å²) in [6.45, 7) is 8.37. The molecule has 4 aliphatic rings. The highest BCUT2D eigenvalue weighted by Gasteiger charge is 2.58. The Bertz CT molecular complexity index is 620. The lowest BCUT2D eigenvalue weighted by atomic mass is 9.47. The van der Waals surface area contributed by atoms with E-state index in [9.17, 15) is 5.11 Å². The fourth-order valence-corrected chi connectivity index (χ4v) is 7.94. The molecule has 2 nitrogen and oxygen atoms in total. The highest BCUT2D eigenvalue weighted by atomic mass is 16.5. The number of rotatable bonds is 4. The predicted octanol–water partition coefficient (Wildman–Crippen LogP) is 5.91. The maximum absolute atomic E-state index is 10.2. The summed E-state index contributed by atoms with van der Waals surface area (Å²) in [6.07, 6.45) is 16.0. The van der Waals surface area contributed by atoms with Gasteiger partial charge in [0.25, 0.3) is 0 Å². The first-order valence-corrected chi connectivity index (χ1v) is 11.4. The summed E-state index contributed by atoms with van der Waals surface area (Å²) in [4.78, 5) is 0. The van der Waals surface area contributed by atoms with Gasteiger partial charge in [-0.05, 0) is 99.2 Å². The molecular weight excluding hydrogens is 332 g/mol. The minimum atomic E-state index is -0.0921. The molecule has 4 rings (SSSR count). The van der Waals surface area contributed by atoms with Crippen molar-refractivity contribution < 1.29 is 9.84 Å². The lowest BCUT2D eigenvalue weighted by Crippen LogP contribution is -2.50. The number of hydrogen-bond acceptors (Lipinski definition) is 2. The molecule has 2 heteroatoms. The second-order valence-corrected chi connectivity index (χ2v) is 10.6. The van der Waals surface area contributed by atoms with Crippen molar-refractivity contribution in [1.82, 2.24) is 0 Å². The van der Waals surface area contributed by atoms with E-state index in [0.717, 1.165) is 49.5 Å². The number of allylic oxidation sites excluding steroid dienone is 2. The van der Waals surface area contributed by atoms with Crippen molar-refractivity contribution in [1.29, 1.82) is 0 Å². The van der Waals surface area contributed by atoms with E-state index < -0.39 is 0 Å². The van der Waals surface area contributed by atoms with Gasteiger partial charge in [0.15, 0.2) is 0 Å². The molecule has 0 aromatic heterocycles. The molecular formula is C25H40O2. The lowest BCUT2D eigenvalue weighted by molar-refractivity contribution is -0.0454. The smallest absolute Gasteiger partial charge is 0.0577 e. The quantitative estimate of drug-likeness (QED) is 0.491. The summed E-state index contributed by atoms with van der Waals surface area (Å²) >= 11 is 0. The first kappa shape index (κ1) is 19.7. The van der Waals surface area contributed by atoms with Gasteiger partial charge in [0.05, 0.1) is 6.10 Å². The first-order chi connectivity index (χ1) is 12.9. The maximum atomic E-state index is 10.2. The van der Waals surface area contributed by atoms with Crippen LogP contribution >= 0.6 is 0 Å². The first-order valence-electron chi connectivity index (χ1n) is 11.4. The van der Waals surface area contributed by atoms with Gasteiger partial charge >= 0.3 is 0 Å². The molecule has 4 aliphatic carbocycles. The average Bonchev–Trinajstić information content (AvgIpc) is 3.00. The molecule has 152 valence electrons. The van der Waals surface area contributed by atoms with Gasteiger partial charge in [0.1, 0.15) is 0 Å². The summed E-state index contributed by atoms with van der Waals surface area (Å²) in [7, 11) is 1.80. The van der Waals surface area contributed by atoms with Crippen LogP contribution in [0.2, 0.25) is 0 Å². The summed E-state index contributed by atoms with van der Waals surface area (Å²) in [5, 5.41) is 10.2. The van der Waals surface area contributed by atoms with Crippen LogP contribution in [0.1, 0.15) is 78.6 Å². The monoisotopic (exact) mass is 372 g/mol. The Morgan fingerprint density at radius 1 is 1.19 bits per heavy atom. The fourth-order valence-electron chi connectivity index (χ4n) is 7.94. The SMILES string of the molecule is COCC/C=C(\C)[C@H]1CC[C@H]2[C@@H]3CC=C4C[C@@H](O)CC[C@]4(C)[C@H]3CC[C@]12C. The number of aliphatic hydroxyl groups is 1. The molecule has 0 saturated heterocycles. The largest absolute Gasteiger partial charge is 0.393 e. The second kappa shape index (κ2) is 7.34. The summed E-state index contributed by atoms with van der Waals surface area (Å²) in [5.74, 6) is 3.37. The minimum absolute atomic E-state index is 0.0921. The van der Waals surface area contributed by atoms with Crippen molar-refractivity contribution in [2.45, 2.75) is 84.7 Å². The zero-order chi connectivity index (χ0) is 19.2. The molecule has 0 heterocycles. The number of fused-ring (bicyclic) bond motifs is 5. The molecule has 3 saturated carbocycles. The molecule has 0 unspecified atom stereocenters. The Balaban J connectivity index is 1.56. The standard InChI is InChI=1S/C25H40O2/c1-17(6-5-15-27-4)21-9-10-22-20-8-7-18-16-19(26)11-13-24(18,2)23(20)12-14-25(21,22)3/h6-7,19-23,26H,5,8-16H2,1-4H3/b17-6+/t19-,20-,21+,22-,23-,24-,25+/m0/s1. The Morgan fingerprint density at radius 3 is 2.78 bits per heavy atom.